The summed E-state index contributed by atoms with van der Waals surface area (Å²) in [7, 11) is 0. The molecule has 4 aliphatic rings. The van der Waals surface area contributed by atoms with Crippen LogP contribution >= 0.6 is 45.3 Å². The van der Waals surface area contributed by atoms with Gasteiger partial charge in [-0.05, 0) is 44.2 Å². The Bertz CT molecular complexity index is 2210. The molecular formula is C40H38F4N2O8S4. The lowest BCUT2D eigenvalue weighted by Gasteiger charge is -2.22. The fraction of sp³-hybridized carbons (Fsp3) is 0.450. The number of nitrogens with zero attached hydrogens (tertiary/aromatic N) is 2. The Kier molecular flexibility index (Phi) is 12.3. The first-order chi connectivity index (χ1) is 27.5. The van der Waals surface area contributed by atoms with Crippen molar-refractivity contribution < 1.29 is 56.4 Å². The van der Waals surface area contributed by atoms with E-state index in [-0.39, 0.29) is 118 Å². The number of ether oxygens (including phenoxy) is 2. The quantitative estimate of drug-likeness (QED) is 0.149. The number of hydrogen-bond acceptors (Lipinski definition) is 12. The highest BCUT2D eigenvalue weighted by molar-refractivity contribution is 7.16. The number of alkyl halides is 4. The van der Waals surface area contributed by atoms with Crippen molar-refractivity contribution in [3.05, 3.63) is 75.1 Å². The van der Waals surface area contributed by atoms with Crippen molar-refractivity contribution in [1.82, 2.24) is 9.97 Å². The lowest BCUT2D eigenvalue weighted by molar-refractivity contribution is -0.134. The highest BCUT2D eigenvalue weighted by Gasteiger charge is 2.40. The Morgan fingerprint density at radius 1 is 0.655 bits per heavy atom. The molecule has 4 aromatic rings. The lowest BCUT2D eigenvalue weighted by Crippen LogP contribution is -2.24. The number of ketones is 2. The minimum Gasteiger partial charge on any atom is -0.478 e. The Labute approximate surface area is 346 Å². The van der Waals surface area contributed by atoms with E-state index in [0.29, 0.717) is 26.1 Å². The Hall–Kier alpha value is -3.94. The number of Topliss-reactive ketones (excluding diaryl/α,β-unsaturated/α-hetero) is 2. The van der Waals surface area contributed by atoms with E-state index in [1.165, 1.54) is 45.3 Å². The average molecular weight is 879 g/mol. The van der Waals surface area contributed by atoms with Gasteiger partial charge in [-0.15, -0.1) is 45.3 Å². The summed E-state index contributed by atoms with van der Waals surface area (Å²) in [6.07, 6.45) is -0.213. The summed E-state index contributed by atoms with van der Waals surface area (Å²) in [5, 5.41) is 24.0. The van der Waals surface area contributed by atoms with Crippen molar-refractivity contribution in [3.63, 3.8) is 0 Å². The van der Waals surface area contributed by atoms with Crippen molar-refractivity contribution in [3.8, 4) is 21.1 Å². The molecule has 4 aromatic heterocycles. The molecule has 8 rings (SSSR count). The number of aryl methyl sites for hydroxylation is 2. The van der Waals surface area contributed by atoms with Gasteiger partial charge in [-0.3, -0.25) is 9.59 Å². The number of fused-ring (bicyclic) bond motifs is 2. The van der Waals surface area contributed by atoms with Crippen LogP contribution in [0.25, 0.3) is 21.1 Å². The molecular weight excluding hydrogens is 841 g/mol. The summed E-state index contributed by atoms with van der Waals surface area (Å²) in [5.74, 6) is -8.38. The molecule has 0 atom stereocenters. The van der Waals surface area contributed by atoms with Gasteiger partial charge in [0.2, 0.25) is 0 Å². The van der Waals surface area contributed by atoms with Gasteiger partial charge in [0.1, 0.15) is 10.0 Å². The van der Waals surface area contributed by atoms with Crippen molar-refractivity contribution in [2.24, 2.45) is 0 Å². The fourth-order valence-electron chi connectivity index (χ4n) is 7.56. The van der Waals surface area contributed by atoms with Gasteiger partial charge in [0.25, 0.3) is 11.8 Å². The number of aromatic nitrogens is 2. The van der Waals surface area contributed by atoms with Gasteiger partial charge in [-0.2, -0.15) is 0 Å². The molecule has 0 unspecified atom stereocenters. The number of thiazole rings is 2. The van der Waals surface area contributed by atoms with Gasteiger partial charge in [-0.1, -0.05) is 0 Å². The maximum atomic E-state index is 14.0. The molecule has 0 saturated heterocycles. The predicted octanol–water partition coefficient (Wildman–Crippen LogP) is 8.43. The minimum atomic E-state index is -2.74. The van der Waals surface area contributed by atoms with Crippen molar-refractivity contribution in [1.29, 1.82) is 0 Å². The van der Waals surface area contributed by atoms with Crippen molar-refractivity contribution >= 4 is 68.9 Å². The van der Waals surface area contributed by atoms with Gasteiger partial charge in [0, 0.05) is 114 Å². The summed E-state index contributed by atoms with van der Waals surface area (Å²) in [6, 6.07) is 0. The maximum Gasteiger partial charge on any atom is 0.334 e. The second-order valence-electron chi connectivity index (χ2n) is 14.6. The fourth-order valence-corrected chi connectivity index (χ4v) is 12.3. The Morgan fingerprint density at radius 2 is 1.09 bits per heavy atom. The number of rotatable bonds is 10. The number of hydrogen-bond donors (Lipinski definition) is 2. The first-order valence-corrected chi connectivity index (χ1v) is 21.9. The van der Waals surface area contributed by atoms with Crippen LogP contribution in [0.4, 0.5) is 17.6 Å². The van der Waals surface area contributed by atoms with E-state index >= 15 is 0 Å². The van der Waals surface area contributed by atoms with Crippen LogP contribution < -0.4 is 0 Å². The van der Waals surface area contributed by atoms with Gasteiger partial charge in [0.05, 0.1) is 32.0 Å². The van der Waals surface area contributed by atoms with E-state index in [0.717, 1.165) is 43.7 Å². The van der Waals surface area contributed by atoms with Crippen LogP contribution in [-0.2, 0) is 67.2 Å². The largest absolute Gasteiger partial charge is 0.478 e. The normalized spacial score (nSPS) is 18.6. The lowest BCUT2D eigenvalue weighted by atomic mass is 9.91. The number of carboxylic acids is 2. The third-order valence-corrected chi connectivity index (χ3v) is 14.8. The van der Waals surface area contributed by atoms with E-state index in [2.05, 4.69) is 9.97 Å². The van der Waals surface area contributed by atoms with Crippen LogP contribution in [0.3, 0.4) is 0 Å². The molecule has 308 valence electrons. The van der Waals surface area contributed by atoms with Crippen molar-refractivity contribution in [2.75, 3.05) is 26.4 Å². The van der Waals surface area contributed by atoms with E-state index in [1.807, 2.05) is 24.6 Å². The molecule has 6 heterocycles. The number of halogens is 4. The smallest absolute Gasteiger partial charge is 0.334 e. The van der Waals surface area contributed by atoms with Crippen LogP contribution in [0, 0.1) is 13.8 Å². The highest BCUT2D eigenvalue weighted by atomic mass is 32.1. The molecule has 0 amide bonds. The molecule has 18 heteroatoms. The summed E-state index contributed by atoms with van der Waals surface area (Å²) in [6.45, 7) is 4.16. The summed E-state index contributed by atoms with van der Waals surface area (Å²) < 4.78 is 66.3. The maximum absolute atomic E-state index is 14.0. The summed E-state index contributed by atoms with van der Waals surface area (Å²) >= 11 is 5.32. The Morgan fingerprint density at radius 3 is 1.52 bits per heavy atom. The molecule has 0 spiro atoms. The van der Waals surface area contributed by atoms with Crippen LogP contribution in [0.15, 0.2) is 33.1 Å². The van der Waals surface area contributed by atoms with E-state index in [4.69, 9.17) is 9.47 Å². The highest BCUT2D eigenvalue weighted by Crippen LogP contribution is 2.47. The molecule has 2 aliphatic heterocycles. The molecule has 10 nitrogen and oxygen atoms in total. The zero-order valence-corrected chi connectivity index (χ0v) is 34.7. The first kappa shape index (κ1) is 42.2. The zero-order chi connectivity index (χ0) is 41.5. The molecule has 2 N–H and O–H groups in total. The number of carbonyl (C=O) groups excluding carboxylic acids is 2. The van der Waals surface area contributed by atoms with E-state index in [9.17, 15) is 47.0 Å². The minimum absolute atomic E-state index is 0.0106. The van der Waals surface area contributed by atoms with Crippen LogP contribution in [0.5, 0.6) is 0 Å². The average Bonchev–Trinajstić information content (AvgIpc) is 3.95. The Balaban J connectivity index is 0.000000177. The third-order valence-electron chi connectivity index (χ3n) is 10.4. The standard InChI is InChI=1S/2C20H19F2NO4S2/c1-10-9-28-18(23-10)17-12-2-4-20(21,22)7-16(12)29-15(17)6-14(24)13-8-27-5-3-11(13)19(25)26;1-10-9-28-18(23-10)17-12-2-4-20(21,22)7-16(12)29-15(17)6-14(24)11-3-5-27-8-13(11)19(25)26/h2*9H,2-8H2,1H3,(H,25,26). The van der Waals surface area contributed by atoms with E-state index in [1.54, 1.807) is 0 Å². The van der Waals surface area contributed by atoms with Gasteiger partial charge in [-0.25, -0.2) is 37.1 Å². The molecule has 0 aromatic carbocycles. The SMILES string of the molecule is Cc1csc(-c2c(CC(=O)C3=C(C(=O)O)CCOC3)sc3c2CCC(F)(F)C3)n1.Cc1csc(-c2c(CC(=O)C3=C(C(=O)O)COCC3)sc3c2CCC(F)(F)C3)n1. The van der Waals surface area contributed by atoms with Gasteiger partial charge in [0.15, 0.2) is 11.6 Å². The molecule has 0 fully saturated rings. The number of carboxylic acid groups (broad SMARTS) is 2. The molecule has 0 saturated carbocycles. The number of carbonyl (C=O) groups is 4. The molecule has 0 radical (unpaired) electrons. The summed E-state index contributed by atoms with van der Waals surface area (Å²) in [4.78, 5) is 60.5. The molecule has 2 aliphatic carbocycles. The van der Waals surface area contributed by atoms with Crippen LogP contribution in [0.2, 0.25) is 0 Å². The second-order valence-corrected chi connectivity index (χ2v) is 18.7. The first-order valence-electron chi connectivity index (χ1n) is 18.5. The number of aliphatic carboxylic acids is 2. The monoisotopic (exact) mass is 878 g/mol. The van der Waals surface area contributed by atoms with Crippen molar-refractivity contribution in [2.45, 2.75) is 89.9 Å². The van der Waals surface area contributed by atoms with Crippen LogP contribution in [-0.4, -0.2) is 82.0 Å². The van der Waals surface area contributed by atoms with E-state index < -0.39 is 23.8 Å². The zero-order valence-electron chi connectivity index (χ0n) is 31.4. The van der Waals surface area contributed by atoms with Gasteiger partial charge >= 0.3 is 11.9 Å². The third kappa shape index (κ3) is 9.11. The second kappa shape index (κ2) is 17.0. The molecule has 58 heavy (non-hydrogen) atoms. The van der Waals surface area contributed by atoms with Gasteiger partial charge < -0.3 is 19.7 Å². The summed E-state index contributed by atoms with van der Waals surface area (Å²) in [5.41, 5.74) is 5.45. The number of thiophene rings is 2. The van der Waals surface area contributed by atoms with Crippen LogP contribution in [0.1, 0.15) is 67.7 Å². The predicted molar refractivity (Wildman–Crippen MR) is 212 cm³/mol. The molecule has 0 bridgehead atoms. The topological polar surface area (TPSA) is 153 Å².